The molecule has 7 nitrogen and oxygen atoms in total. The molecule has 0 N–H and O–H groups in total. The van der Waals surface area contributed by atoms with Crippen molar-refractivity contribution in [2.75, 3.05) is 14.2 Å². The topological polar surface area (TPSA) is 75.4 Å². The van der Waals surface area contributed by atoms with Crippen LogP contribution in [0.25, 0.3) is 27.8 Å². The lowest BCUT2D eigenvalue weighted by molar-refractivity contribution is 0.0549. The molecule has 0 radical (unpaired) electrons. The lowest BCUT2D eigenvalue weighted by atomic mass is 10.0. The second-order valence-electron chi connectivity index (χ2n) is 6.71. The van der Waals surface area contributed by atoms with Crippen molar-refractivity contribution < 1.29 is 27.8 Å². The Labute approximate surface area is 175 Å². The number of ether oxygens (including phenoxy) is 2. The van der Waals surface area contributed by atoms with Gasteiger partial charge in [-0.1, -0.05) is 18.2 Å². The number of aromatic nitrogens is 3. The van der Waals surface area contributed by atoms with Crippen LogP contribution in [0, 0.1) is 11.6 Å². The van der Waals surface area contributed by atoms with Crippen molar-refractivity contribution in [2.45, 2.75) is 0 Å². The number of aryl methyl sites for hydroxylation is 1. The molecule has 158 valence electrons. The number of carbonyl (C=O) groups excluding carboxylic acids is 2. The summed E-state index contributed by atoms with van der Waals surface area (Å²) in [6.45, 7) is 0. The van der Waals surface area contributed by atoms with E-state index in [1.807, 2.05) is 0 Å². The minimum Gasteiger partial charge on any atom is -0.465 e. The summed E-state index contributed by atoms with van der Waals surface area (Å²) in [5.74, 6) is -3.74. The molecule has 0 aliphatic heterocycles. The molecule has 0 saturated carbocycles. The number of halogens is 2. The second kappa shape index (κ2) is 7.67. The van der Waals surface area contributed by atoms with Crippen LogP contribution in [0.4, 0.5) is 8.78 Å². The lowest BCUT2D eigenvalue weighted by Gasteiger charge is -2.08. The van der Waals surface area contributed by atoms with E-state index in [1.165, 1.54) is 6.07 Å². The van der Waals surface area contributed by atoms with Gasteiger partial charge < -0.3 is 14.0 Å². The van der Waals surface area contributed by atoms with Crippen LogP contribution < -0.4 is 0 Å². The molecule has 2 heterocycles. The Morgan fingerprint density at radius 1 is 1.00 bits per heavy atom. The average molecular weight is 425 g/mol. The highest BCUT2D eigenvalue weighted by Crippen LogP contribution is 2.36. The monoisotopic (exact) mass is 425 g/mol. The van der Waals surface area contributed by atoms with Gasteiger partial charge in [0.05, 0.1) is 31.0 Å². The molecule has 0 amide bonds. The molecule has 0 bridgehead atoms. The van der Waals surface area contributed by atoms with Gasteiger partial charge in [-0.3, -0.25) is 0 Å². The summed E-state index contributed by atoms with van der Waals surface area (Å²) in [5.41, 5.74) is -0.889. The first-order valence-electron chi connectivity index (χ1n) is 9.17. The number of hydrogen-bond acceptors (Lipinski definition) is 5. The highest BCUT2D eigenvalue weighted by Gasteiger charge is 2.34. The Kier molecular flexibility index (Phi) is 5.02. The molecule has 2 aromatic heterocycles. The Morgan fingerprint density at radius 2 is 1.68 bits per heavy atom. The third-order valence-electron chi connectivity index (χ3n) is 4.97. The van der Waals surface area contributed by atoms with Gasteiger partial charge in [-0.15, -0.1) is 0 Å². The van der Waals surface area contributed by atoms with Crippen LogP contribution in [-0.4, -0.2) is 40.5 Å². The Balaban J connectivity index is 2.12. The number of rotatable bonds is 4. The molecular formula is C22H17F2N3O4. The van der Waals surface area contributed by atoms with Crippen LogP contribution >= 0.6 is 0 Å². The van der Waals surface area contributed by atoms with Gasteiger partial charge in [-0.2, -0.15) is 5.10 Å². The first kappa shape index (κ1) is 20.3. The zero-order valence-corrected chi connectivity index (χ0v) is 16.8. The standard InChI is InChI=1S/C22H17F2N3O4/c1-26-10-9-13-15(26)11-14(23)16(18(13)24)19-17(21(28)30-2)20(22(29)31-3)27(25-19)12-7-5-4-6-8-12/h4-11H,1-3H3. The van der Waals surface area contributed by atoms with Crippen LogP contribution in [-0.2, 0) is 16.5 Å². The van der Waals surface area contributed by atoms with E-state index >= 15 is 8.78 Å². The maximum absolute atomic E-state index is 15.4. The van der Waals surface area contributed by atoms with E-state index in [0.717, 1.165) is 25.0 Å². The minimum atomic E-state index is -0.982. The number of carbonyl (C=O) groups is 2. The molecule has 0 atom stereocenters. The quantitative estimate of drug-likeness (QED) is 0.464. The van der Waals surface area contributed by atoms with Gasteiger partial charge in [0.2, 0.25) is 0 Å². The Bertz CT molecular complexity index is 1330. The Hall–Kier alpha value is -4.01. The van der Waals surface area contributed by atoms with Gasteiger partial charge in [-0.25, -0.2) is 23.1 Å². The summed E-state index contributed by atoms with van der Waals surface area (Å²) >= 11 is 0. The molecule has 31 heavy (non-hydrogen) atoms. The van der Waals surface area contributed by atoms with Crippen LogP contribution in [0.1, 0.15) is 20.8 Å². The van der Waals surface area contributed by atoms with E-state index in [9.17, 15) is 9.59 Å². The third-order valence-corrected chi connectivity index (χ3v) is 4.97. The second-order valence-corrected chi connectivity index (χ2v) is 6.71. The van der Waals surface area contributed by atoms with E-state index < -0.39 is 34.7 Å². The van der Waals surface area contributed by atoms with Crippen molar-refractivity contribution in [3.05, 3.63) is 71.6 Å². The summed E-state index contributed by atoms with van der Waals surface area (Å²) in [6.07, 6.45) is 1.58. The largest absolute Gasteiger partial charge is 0.465 e. The summed E-state index contributed by atoms with van der Waals surface area (Å²) in [7, 11) is 3.88. The molecule has 2 aromatic carbocycles. The maximum Gasteiger partial charge on any atom is 0.357 e. The fourth-order valence-corrected chi connectivity index (χ4v) is 3.49. The molecule has 4 aromatic rings. The van der Waals surface area contributed by atoms with Crippen molar-refractivity contribution in [2.24, 2.45) is 7.05 Å². The molecule has 0 saturated heterocycles. The summed E-state index contributed by atoms with van der Waals surface area (Å²) in [4.78, 5) is 25.2. The minimum absolute atomic E-state index is 0.142. The highest BCUT2D eigenvalue weighted by atomic mass is 19.1. The summed E-state index contributed by atoms with van der Waals surface area (Å²) in [6, 6.07) is 11.0. The van der Waals surface area contributed by atoms with E-state index in [4.69, 9.17) is 9.47 Å². The van der Waals surface area contributed by atoms with Crippen LogP contribution in [0.15, 0.2) is 48.7 Å². The fourth-order valence-electron chi connectivity index (χ4n) is 3.49. The normalized spacial score (nSPS) is 11.0. The van der Waals surface area contributed by atoms with Crippen LogP contribution in [0.3, 0.4) is 0 Å². The number of fused-ring (bicyclic) bond motifs is 1. The van der Waals surface area contributed by atoms with E-state index in [0.29, 0.717) is 11.2 Å². The van der Waals surface area contributed by atoms with Gasteiger partial charge >= 0.3 is 11.9 Å². The predicted octanol–water partition coefficient (Wildman–Crippen LogP) is 3.88. The number of methoxy groups -OCH3 is 2. The third kappa shape index (κ3) is 3.14. The summed E-state index contributed by atoms with van der Waals surface area (Å²) in [5, 5.41) is 4.39. The SMILES string of the molecule is COC(=O)c1c(-c2c(F)cc3c(ccn3C)c2F)nn(-c2ccccc2)c1C(=O)OC. The Morgan fingerprint density at radius 3 is 2.32 bits per heavy atom. The number of nitrogens with zero attached hydrogens (tertiary/aromatic N) is 3. The van der Waals surface area contributed by atoms with Crippen molar-refractivity contribution in [3.63, 3.8) is 0 Å². The van der Waals surface area contributed by atoms with Crippen molar-refractivity contribution in [3.8, 4) is 16.9 Å². The molecular weight excluding hydrogens is 408 g/mol. The highest BCUT2D eigenvalue weighted by molar-refractivity contribution is 6.07. The van der Waals surface area contributed by atoms with Gasteiger partial charge in [0.1, 0.15) is 22.9 Å². The molecule has 0 spiro atoms. The van der Waals surface area contributed by atoms with Crippen molar-refractivity contribution in [1.29, 1.82) is 0 Å². The van der Waals surface area contributed by atoms with Crippen molar-refractivity contribution >= 4 is 22.8 Å². The molecule has 0 aliphatic carbocycles. The van der Waals surface area contributed by atoms with Crippen molar-refractivity contribution in [1.82, 2.24) is 14.3 Å². The van der Waals surface area contributed by atoms with Crippen LogP contribution in [0.2, 0.25) is 0 Å². The van der Waals surface area contributed by atoms with E-state index in [1.54, 1.807) is 48.1 Å². The zero-order valence-electron chi connectivity index (χ0n) is 16.8. The first-order valence-corrected chi connectivity index (χ1v) is 9.17. The summed E-state index contributed by atoms with van der Waals surface area (Å²) < 4.78 is 42.9. The number of esters is 2. The fraction of sp³-hybridized carbons (Fsp3) is 0.136. The van der Waals surface area contributed by atoms with Gasteiger partial charge in [0, 0.05) is 18.6 Å². The lowest BCUT2D eigenvalue weighted by Crippen LogP contribution is -2.15. The molecule has 0 aliphatic rings. The maximum atomic E-state index is 15.4. The molecule has 0 fully saturated rings. The number of hydrogen-bond donors (Lipinski definition) is 0. The van der Waals surface area contributed by atoms with Gasteiger partial charge in [0.15, 0.2) is 5.69 Å². The molecule has 4 rings (SSSR count). The van der Waals surface area contributed by atoms with Gasteiger partial charge in [0.25, 0.3) is 0 Å². The predicted molar refractivity (Wildman–Crippen MR) is 108 cm³/mol. The molecule has 0 unspecified atom stereocenters. The van der Waals surface area contributed by atoms with Gasteiger partial charge in [-0.05, 0) is 24.3 Å². The first-order chi connectivity index (χ1) is 14.9. The smallest absolute Gasteiger partial charge is 0.357 e. The average Bonchev–Trinajstić information content (AvgIpc) is 3.35. The van der Waals surface area contributed by atoms with E-state index in [-0.39, 0.29) is 16.8 Å². The van der Waals surface area contributed by atoms with E-state index in [2.05, 4.69) is 5.10 Å². The molecule has 9 heteroatoms. The zero-order chi connectivity index (χ0) is 22.3. The number of benzene rings is 2. The number of para-hydroxylation sites is 1. The van der Waals surface area contributed by atoms with Crippen LogP contribution in [0.5, 0.6) is 0 Å².